The van der Waals surface area contributed by atoms with Gasteiger partial charge >= 0.3 is 0 Å². The van der Waals surface area contributed by atoms with E-state index in [0.717, 1.165) is 70.6 Å². The third-order valence-electron chi connectivity index (χ3n) is 8.89. The minimum Gasteiger partial charge on any atom is -0.394 e. The van der Waals surface area contributed by atoms with Gasteiger partial charge in [0.25, 0.3) is 0 Å². The van der Waals surface area contributed by atoms with E-state index in [1.54, 1.807) is 6.08 Å². The molecule has 0 radical (unpaired) electrons. The van der Waals surface area contributed by atoms with Gasteiger partial charge in [0, 0.05) is 6.42 Å². The fraction of sp³-hybridized carbons (Fsp3) is 0.622. The lowest BCUT2D eigenvalue weighted by Crippen LogP contribution is -2.60. The lowest BCUT2D eigenvalue weighted by atomic mass is 9.99. The first kappa shape index (κ1) is 49.1. The van der Waals surface area contributed by atoms with E-state index < -0.39 is 49.5 Å². The van der Waals surface area contributed by atoms with Crippen molar-refractivity contribution in [3.05, 3.63) is 97.2 Å². The SMILES string of the molecule is CC/C=C\C/C=C\C/C=C\C/C=C\C/C=C\C/C=C\CCCCC(=O)NC(COC1OC(CO)C(O)C(O)C1O)C(O)/C=C/CC/C=C/CCCCCC. The molecule has 6 N–H and O–H groups in total. The van der Waals surface area contributed by atoms with Crippen LogP contribution in [-0.4, -0.2) is 87.5 Å². The first-order valence-electron chi connectivity index (χ1n) is 20.5. The van der Waals surface area contributed by atoms with Crippen LogP contribution in [0.1, 0.15) is 123 Å². The largest absolute Gasteiger partial charge is 0.394 e. The molecule has 7 atom stereocenters. The fourth-order valence-corrected chi connectivity index (χ4v) is 5.58. The van der Waals surface area contributed by atoms with Crippen molar-refractivity contribution in [2.24, 2.45) is 0 Å². The number of rotatable bonds is 31. The first-order valence-corrected chi connectivity index (χ1v) is 20.5. The van der Waals surface area contributed by atoms with Crippen LogP contribution in [0.25, 0.3) is 0 Å². The van der Waals surface area contributed by atoms with E-state index in [9.17, 15) is 30.3 Å². The van der Waals surface area contributed by atoms with Crippen molar-refractivity contribution in [3.8, 4) is 0 Å². The molecular formula is C45H73NO8. The number of aliphatic hydroxyl groups excluding tert-OH is 5. The van der Waals surface area contributed by atoms with Gasteiger partial charge in [-0.05, 0) is 83.5 Å². The number of allylic oxidation sites excluding steroid dienone is 15. The summed E-state index contributed by atoms with van der Waals surface area (Å²) in [4.78, 5) is 12.9. The predicted molar refractivity (Wildman–Crippen MR) is 221 cm³/mol. The maximum absolute atomic E-state index is 12.9. The first-order chi connectivity index (χ1) is 26.3. The Hall–Kier alpha value is -2.89. The van der Waals surface area contributed by atoms with Gasteiger partial charge in [0.2, 0.25) is 5.91 Å². The van der Waals surface area contributed by atoms with Crippen molar-refractivity contribution in [1.82, 2.24) is 5.32 Å². The molecule has 0 aliphatic carbocycles. The average Bonchev–Trinajstić information content (AvgIpc) is 3.17. The van der Waals surface area contributed by atoms with Crippen LogP contribution in [0.2, 0.25) is 0 Å². The van der Waals surface area contributed by atoms with Gasteiger partial charge in [-0.15, -0.1) is 0 Å². The highest BCUT2D eigenvalue weighted by atomic mass is 16.7. The van der Waals surface area contributed by atoms with Crippen LogP contribution in [0, 0.1) is 0 Å². The molecule has 0 aromatic rings. The monoisotopic (exact) mass is 756 g/mol. The number of nitrogens with one attached hydrogen (secondary N) is 1. The summed E-state index contributed by atoms with van der Waals surface area (Å²) in [6.07, 6.45) is 41.7. The van der Waals surface area contributed by atoms with Crippen LogP contribution in [-0.2, 0) is 14.3 Å². The number of unbranched alkanes of at least 4 members (excludes halogenated alkanes) is 7. The zero-order valence-electron chi connectivity index (χ0n) is 33.2. The van der Waals surface area contributed by atoms with E-state index in [1.165, 1.54) is 25.7 Å². The normalized spacial score (nSPS) is 22.5. The Morgan fingerprint density at radius 1 is 0.648 bits per heavy atom. The summed E-state index contributed by atoms with van der Waals surface area (Å²) >= 11 is 0. The molecule has 0 aromatic heterocycles. The lowest BCUT2D eigenvalue weighted by Gasteiger charge is -2.40. The van der Waals surface area contributed by atoms with Crippen molar-refractivity contribution in [2.45, 2.75) is 166 Å². The van der Waals surface area contributed by atoms with Crippen molar-refractivity contribution in [3.63, 3.8) is 0 Å². The van der Waals surface area contributed by atoms with Gasteiger partial charge < -0.3 is 40.3 Å². The predicted octanol–water partition coefficient (Wildman–Crippen LogP) is 7.77. The Bertz CT molecular complexity index is 1150. The molecule has 1 amide bonds. The van der Waals surface area contributed by atoms with Gasteiger partial charge in [-0.2, -0.15) is 0 Å². The van der Waals surface area contributed by atoms with Gasteiger partial charge in [0.15, 0.2) is 6.29 Å². The molecule has 1 aliphatic heterocycles. The molecule has 0 spiro atoms. The van der Waals surface area contributed by atoms with Gasteiger partial charge in [0.05, 0.1) is 25.4 Å². The van der Waals surface area contributed by atoms with Crippen LogP contribution in [0.3, 0.4) is 0 Å². The van der Waals surface area contributed by atoms with E-state index in [2.05, 4.69) is 104 Å². The van der Waals surface area contributed by atoms with E-state index >= 15 is 0 Å². The Morgan fingerprint density at radius 2 is 1.17 bits per heavy atom. The molecule has 306 valence electrons. The maximum Gasteiger partial charge on any atom is 0.220 e. The van der Waals surface area contributed by atoms with Crippen LogP contribution in [0.4, 0.5) is 0 Å². The number of carbonyl (C=O) groups is 1. The number of aliphatic hydroxyl groups is 5. The quantitative estimate of drug-likeness (QED) is 0.0311. The zero-order valence-corrected chi connectivity index (χ0v) is 33.2. The molecule has 0 saturated carbocycles. The summed E-state index contributed by atoms with van der Waals surface area (Å²) in [6, 6.07) is -0.849. The van der Waals surface area contributed by atoms with Crippen LogP contribution in [0.5, 0.6) is 0 Å². The Kier molecular flexibility index (Phi) is 31.5. The fourth-order valence-electron chi connectivity index (χ4n) is 5.58. The van der Waals surface area contributed by atoms with Crippen LogP contribution < -0.4 is 5.32 Å². The highest BCUT2D eigenvalue weighted by Crippen LogP contribution is 2.22. The van der Waals surface area contributed by atoms with Gasteiger partial charge in [-0.25, -0.2) is 0 Å². The number of ether oxygens (including phenoxy) is 2. The van der Waals surface area contributed by atoms with Gasteiger partial charge in [-0.1, -0.05) is 130 Å². The molecule has 1 fully saturated rings. The van der Waals surface area contributed by atoms with Gasteiger partial charge in [0.1, 0.15) is 24.4 Å². The summed E-state index contributed by atoms with van der Waals surface area (Å²) in [7, 11) is 0. The second-order valence-corrected chi connectivity index (χ2v) is 13.7. The molecule has 7 unspecified atom stereocenters. The van der Waals surface area contributed by atoms with E-state index in [4.69, 9.17) is 9.47 Å². The maximum atomic E-state index is 12.9. The molecular weight excluding hydrogens is 682 g/mol. The van der Waals surface area contributed by atoms with Crippen molar-refractivity contribution >= 4 is 5.91 Å². The minimum atomic E-state index is -1.58. The summed E-state index contributed by atoms with van der Waals surface area (Å²) in [6.45, 7) is 3.53. The second kappa shape index (κ2) is 34.6. The Balaban J connectivity index is 2.44. The summed E-state index contributed by atoms with van der Waals surface area (Å²) in [5, 5.41) is 53.9. The Labute approximate surface area is 326 Å². The second-order valence-electron chi connectivity index (χ2n) is 13.7. The summed E-state index contributed by atoms with van der Waals surface area (Å²) in [5.74, 6) is -0.237. The molecule has 1 saturated heterocycles. The highest BCUT2D eigenvalue weighted by Gasteiger charge is 2.44. The van der Waals surface area contributed by atoms with Crippen molar-refractivity contribution in [1.29, 1.82) is 0 Å². The minimum absolute atomic E-state index is 0.226. The molecule has 9 heteroatoms. The summed E-state index contributed by atoms with van der Waals surface area (Å²) in [5.41, 5.74) is 0. The van der Waals surface area contributed by atoms with Crippen LogP contribution in [0.15, 0.2) is 97.2 Å². The third kappa shape index (κ3) is 25.2. The molecule has 54 heavy (non-hydrogen) atoms. The zero-order chi connectivity index (χ0) is 39.5. The van der Waals surface area contributed by atoms with E-state index in [1.807, 2.05) is 6.08 Å². The molecule has 1 rings (SSSR count). The molecule has 1 heterocycles. The molecule has 9 nitrogen and oxygen atoms in total. The van der Waals surface area contributed by atoms with E-state index in [0.29, 0.717) is 6.42 Å². The highest BCUT2D eigenvalue weighted by molar-refractivity contribution is 5.76. The molecule has 0 bridgehead atoms. The number of hydrogen-bond acceptors (Lipinski definition) is 8. The number of carbonyl (C=O) groups excluding carboxylic acids is 1. The average molecular weight is 756 g/mol. The Morgan fingerprint density at radius 3 is 1.74 bits per heavy atom. The lowest BCUT2D eigenvalue weighted by molar-refractivity contribution is -0.302. The topological polar surface area (TPSA) is 149 Å². The number of hydrogen-bond donors (Lipinski definition) is 6. The standard InChI is InChI=1S/C45H73NO8/c1-3-5-7-9-11-13-15-16-17-18-19-20-21-22-23-24-25-27-29-31-33-35-41(49)46-38(37-53-45-44(52)43(51)42(50)40(36-47)54-45)39(48)34-32-30-28-26-14-12-10-8-6-4-2/h5,7,11,13-14,16-17,19-20,22-23,25-27,32,34,38-40,42-45,47-48,50-52H,3-4,6,8-10,12,15,18,21,24,28-31,33,35-37H2,1-2H3,(H,46,49)/b7-5-,13-11-,17-16-,20-19-,23-22-,26-14+,27-25-,34-32+. The van der Waals surface area contributed by atoms with Crippen molar-refractivity contribution < 1.29 is 39.8 Å². The number of amides is 1. The summed E-state index contributed by atoms with van der Waals surface area (Å²) < 4.78 is 11.1. The third-order valence-corrected chi connectivity index (χ3v) is 8.89. The van der Waals surface area contributed by atoms with Gasteiger partial charge in [-0.3, -0.25) is 4.79 Å². The van der Waals surface area contributed by atoms with Crippen molar-refractivity contribution in [2.75, 3.05) is 13.2 Å². The van der Waals surface area contributed by atoms with Crippen LogP contribution >= 0.6 is 0 Å². The smallest absolute Gasteiger partial charge is 0.220 e. The molecule has 0 aromatic carbocycles. The van der Waals surface area contributed by atoms with E-state index in [-0.39, 0.29) is 18.9 Å². The molecule has 1 aliphatic rings.